The van der Waals surface area contributed by atoms with Gasteiger partial charge in [0.15, 0.2) is 0 Å². The van der Waals surface area contributed by atoms with Crippen molar-refractivity contribution in [2.75, 3.05) is 58.7 Å². The van der Waals surface area contributed by atoms with Crippen LogP contribution in [0.25, 0.3) is 0 Å². The quantitative estimate of drug-likeness (QED) is 0.905. The molecule has 1 aliphatic heterocycles. The monoisotopic (exact) mass is 304 g/mol. The van der Waals surface area contributed by atoms with Crippen molar-refractivity contribution in [1.29, 1.82) is 0 Å². The number of nitrogens with one attached hydrogen (secondary N) is 1. The number of urea groups is 1. The molecule has 1 aromatic carbocycles. The molecule has 0 unspecified atom stereocenters. The molecule has 22 heavy (non-hydrogen) atoms. The van der Waals surface area contributed by atoms with Crippen molar-refractivity contribution in [2.45, 2.75) is 13.3 Å². The number of nitrogens with zero attached hydrogens (tertiary/aromatic N) is 3. The molecule has 0 saturated carbocycles. The van der Waals surface area contributed by atoms with Gasteiger partial charge in [0.25, 0.3) is 0 Å². The fourth-order valence-corrected chi connectivity index (χ4v) is 2.71. The topological polar surface area (TPSA) is 38.8 Å². The van der Waals surface area contributed by atoms with Gasteiger partial charge in [0.05, 0.1) is 0 Å². The number of amides is 2. The molecule has 0 aromatic heterocycles. The molecular formula is C17H28N4O. The summed E-state index contributed by atoms with van der Waals surface area (Å²) in [6.45, 7) is 7.81. The predicted octanol–water partition coefficient (Wildman–Crippen LogP) is 2.10. The maximum atomic E-state index is 12.3. The molecule has 1 N–H and O–H groups in total. The van der Waals surface area contributed by atoms with E-state index in [1.807, 2.05) is 36.1 Å². The van der Waals surface area contributed by atoms with Crippen LogP contribution < -0.4 is 5.32 Å². The zero-order chi connectivity index (χ0) is 15.9. The number of hydrogen-bond donors (Lipinski definition) is 1. The van der Waals surface area contributed by atoms with E-state index >= 15 is 0 Å². The van der Waals surface area contributed by atoms with Gasteiger partial charge in [-0.25, -0.2) is 4.79 Å². The fourth-order valence-electron chi connectivity index (χ4n) is 2.71. The van der Waals surface area contributed by atoms with Crippen molar-refractivity contribution in [3.05, 3.63) is 29.8 Å². The molecule has 0 aliphatic carbocycles. The Morgan fingerprint density at radius 3 is 2.59 bits per heavy atom. The summed E-state index contributed by atoms with van der Waals surface area (Å²) in [6, 6.07) is 7.94. The Labute approximate surface area is 133 Å². The first kappa shape index (κ1) is 16.8. The third-order valence-electron chi connectivity index (χ3n) is 4.01. The molecule has 2 amide bonds. The van der Waals surface area contributed by atoms with Crippen molar-refractivity contribution in [1.82, 2.24) is 14.7 Å². The van der Waals surface area contributed by atoms with E-state index in [9.17, 15) is 4.79 Å². The smallest absolute Gasteiger partial charge is 0.321 e. The lowest BCUT2D eigenvalue weighted by atomic mass is 10.2. The van der Waals surface area contributed by atoms with Crippen molar-refractivity contribution in [3.8, 4) is 0 Å². The van der Waals surface area contributed by atoms with Gasteiger partial charge in [0.2, 0.25) is 0 Å². The minimum atomic E-state index is 0.0125. The van der Waals surface area contributed by atoms with E-state index in [4.69, 9.17) is 0 Å². The van der Waals surface area contributed by atoms with E-state index in [0.29, 0.717) is 0 Å². The Hall–Kier alpha value is -1.59. The molecule has 0 spiro atoms. The minimum absolute atomic E-state index is 0.0125. The lowest BCUT2D eigenvalue weighted by Gasteiger charge is -2.34. The van der Waals surface area contributed by atoms with Gasteiger partial charge in [-0.2, -0.15) is 0 Å². The molecule has 5 heteroatoms. The Balaban J connectivity index is 1.73. The zero-order valence-electron chi connectivity index (χ0n) is 14.0. The molecule has 5 nitrogen and oxygen atoms in total. The van der Waals surface area contributed by atoms with Crippen LogP contribution in [0.15, 0.2) is 24.3 Å². The van der Waals surface area contributed by atoms with Crippen molar-refractivity contribution in [2.24, 2.45) is 0 Å². The molecule has 1 fully saturated rings. The molecule has 1 heterocycles. The standard InChI is InChI=1S/C17H28N4O/c1-15-6-4-7-16(14-15)18-17(22)21-12-10-20(11-13-21)9-5-8-19(2)3/h4,6-7,14H,5,8-13H2,1-3H3,(H,18,22). The van der Waals surface area contributed by atoms with E-state index in [1.54, 1.807) is 0 Å². The number of benzene rings is 1. The molecule has 2 rings (SSSR count). The lowest BCUT2D eigenvalue weighted by Crippen LogP contribution is -2.50. The van der Waals surface area contributed by atoms with Crippen LogP contribution in [0.1, 0.15) is 12.0 Å². The van der Waals surface area contributed by atoms with Crippen LogP contribution in [0.2, 0.25) is 0 Å². The van der Waals surface area contributed by atoms with Gasteiger partial charge in [-0.15, -0.1) is 0 Å². The first-order valence-corrected chi connectivity index (χ1v) is 8.04. The molecule has 0 bridgehead atoms. The van der Waals surface area contributed by atoms with Crippen LogP contribution in [0, 0.1) is 6.92 Å². The van der Waals surface area contributed by atoms with Gasteiger partial charge in [-0.3, -0.25) is 4.90 Å². The Morgan fingerprint density at radius 1 is 1.23 bits per heavy atom. The molecule has 1 aromatic rings. The predicted molar refractivity (Wildman–Crippen MR) is 91.4 cm³/mol. The maximum absolute atomic E-state index is 12.3. The zero-order valence-corrected chi connectivity index (χ0v) is 14.0. The van der Waals surface area contributed by atoms with Crippen LogP contribution in [0.5, 0.6) is 0 Å². The summed E-state index contributed by atoms with van der Waals surface area (Å²) >= 11 is 0. The van der Waals surface area contributed by atoms with E-state index in [0.717, 1.165) is 50.5 Å². The average Bonchev–Trinajstić information content (AvgIpc) is 2.47. The Kier molecular flexibility index (Phi) is 6.21. The average molecular weight is 304 g/mol. The number of piperazine rings is 1. The highest BCUT2D eigenvalue weighted by molar-refractivity contribution is 5.89. The number of aryl methyl sites for hydroxylation is 1. The molecule has 0 radical (unpaired) electrons. The van der Waals surface area contributed by atoms with Crippen LogP contribution in [-0.4, -0.2) is 74.1 Å². The van der Waals surface area contributed by atoms with Crippen molar-refractivity contribution < 1.29 is 4.79 Å². The summed E-state index contributed by atoms with van der Waals surface area (Å²) in [7, 11) is 4.21. The van der Waals surface area contributed by atoms with Crippen LogP contribution in [0.4, 0.5) is 10.5 Å². The number of carbonyl (C=O) groups excluding carboxylic acids is 1. The molecule has 1 aliphatic rings. The largest absolute Gasteiger partial charge is 0.322 e. The van der Waals surface area contributed by atoms with E-state index in [1.165, 1.54) is 6.42 Å². The van der Waals surface area contributed by atoms with Gasteiger partial charge in [-0.05, 0) is 58.2 Å². The Morgan fingerprint density at radius 2 is 1.95 bits per heavy atom. The van der Waals surface area contributed by atoms with Gasteiger partial charge < -0.3 is 15.1 Å². The third-order valence-corrected chi connectivity index (χ3v) is 4.01. The molecule has 0 atom stereocenters. The highest BCUT2D eigenvalue weighted by Crippen LogP contribution is 2.11. The van der Waals surface area contributed by atoms with Gasteiger partial charge >= 0.3 is 6.03 Å². The first-order valence-electron chi connectivity index (χ1n) is 8.04. The number of carbonyl (C=O) groups is 1. The van der Waals surface area contributed by atoms with Gasteiger partial charge in [-0.1, -0.05) is 12.1 Å². The summed E-state index contributed by atoms with van der Waals surface area (Å²) in [4.78, 5) is 18.8. The van der Waals surface area contributed by atoms with Gasteiger partial charge in [0, 0.05) is 31.9 Å². The second-order valence-electron chi connectivity index (χ2n) is 6.29. The SMILES string of the molecule is Cc1cccc(NC(=O)N2CCN(CCCN(C)C)CC2)c1. The number of hydrogen-bond acceptors (Lipinski definition) is 3. The van der Waals surface area contributed by atoms with E-state index in [-0.39, 0.29) is 6.03 Å². The second kappa shape index (κ2) is 8.15. The number of anilines is 1. The van der Waals surface area contributed by atoms with E-state index < -0.39 is 0 Å². The minimum Gasteiger partial charge on any atom is -0.322 e. The van der Waals surface area contributed by atoms with E-state index in [2.05, 4.69) is 29.2 Å². The summed E-state index contributed by atoms with van der Waals surface area (Å²) in [6.07, 6.45) is 1.18. The van der Waals surface area contributed by atoms with Crippen molar-refractivity contribution in [3.63, 3.8) is 0 Å². The Bertz CT molecular complexity index is 481. The number of rotatable bonds is 5. The maximum Gasteiger partial charge on any atom is 0.321 e. The second-order valence-corrected chi connectivity index (χ2v) is 6.29. The summed E-state index contributed by atoms with van der Waals surface area (Å²) in [5.74, 6) is 0. The molecule has 1 saturated heterocycles. The molecule has 122 valence electrons. The lowest BCUT2D eigenvalue weighted by molar-refractivity contribution is 0.144. The normalized spacial score (nSPS) is 16.1. The van der Waals surface area contributed by atoms with Crippen molar-refractivity contribution >= 4 is 11.7 Å². The van der Waals surface area contributed by atoms with Gasteiger partial charge in [0.1, 0.15) is 0 Å². The van der Waals surface area contributed by atoms with Crippen LogP contribution >= 0.6 is 0 Å². The molecular weight excluding hydrogens is 276 g/mol. The fraction of sp³-hybridized carbons (Fsp3) is 0.588. The third kappa shape index (κ3) is 5.31. The highest BCUT2D eigenvalue weighted by atomic mass is 16.2. The summed E-state index contributed by atoms with van der Waals surface area (Å²) < 4.78 is 0. The van der Waals surface area contributed by atoms with Crippen LogP contribution in [-0.2, 0) is 0 Å². The first-order chi connectivity index (χ1) is 10.5. The summed E-state index contributed by atoms with van der Waals surface area (Å²) in [5, 5.41) is 2.99. The van der Waals surface area contributed by atoms with Crippen LogP contribution in [0.3, 0.4) is 0 Å². The highest BCUT2D eigenvalue weighted by Gasteiger charge is 2.20. The summed E-state index contributed by atoms with van der Waals surface area (Å²) in [5.41, 5.74) is 2.03.